The Morgan fingerprint density at radius 1 is 0.818 bits per heavy atom. The molecule has 0 aliphatic heterocycles. The first kappa shape index (κ1) is 11.4. The predicted molar refractivity (Wildman–Crippen MR) is 58.3 cm³/mol. The summed E-state index contributed by atoms with van der Waals surface area (Å²) in [5, 5.41) is 0. The van der Waals surface area contributed by atoms with Gasteiger partial charge in [0, 0.05) is 0 Å². The molecule has 0 saturated heterocycles. The van der Waals surface area contributed by atoms with Crippen molar-refractivity contribution >= 4 is 7.26 Å². The van der Waals surface area contributed by atoms with Crippen molar-refractivity contribution in [2.75, 3.05) is 24.6 Å². The maximum Gasteiger partial charge on any atom is -0.0360 e. The second kappa shape index (κ2) is 6.00. The molecule has 0 aromatic heterocycles. The van der Waals surface area contributed by atoms with Gasteiger partial charge in [-0.25, -0.2) is 0 Å². The van der Waals surface area contributed by atoms with Crippen molar-refractivity contribution < 1.29 is 0 Å². The predicted octanol–water partition coefficient (Wildman–Crippen LogP) is 3.86. The molecule has 11 heavy (non-hydrogen) atoms. The number of rotatable bonds is 6. The molecule has 69 valence electrons. The Bertz CT molecular complexity index is 76.6. The Balaban J connectivity index is 3.84. The lowest BCUT2D eigenvalue weighted by molar-refractivity contribution is 0.882. The molecule has 0 aliphatic carbocycles. The number of unbranched alkanes of at least 4 members (excludes halogenated alkanes) is 1. The zero-order valence-corrected chi connectivity index (χ0v) is 9.58. The first-order valence-electron chi connectivity index (χ1n) is 5.09. The fourth-order valence-electron chi connectivity index (χ4n) is 1.64. The van der Waals surface area contributed by atoms with Crippen LogP contribution in [0.4, 0.5) is 0 Å². The lowest BCUT2D eigenvalue weighted by Crippen LogP contribution is -2.06. The van der Waals surface area contributed by atoms with Crippen molar-refractivity contribution in [3.05, 3.63) is 0 Å². The fourth-order valence-corrected chi connectivity index (χ4v) is 4.92. The molecule has 0 N–H and O–H groups in total. The molecule has 0 aliphatic rings. The molecule has 0 aromatic rings. The van der Waals surface area contributed by atoms with Crippen molar-refractivity contribution in [1.82, 2.24) is 0 Å². The molecule has 0 fully saturated rings. The molecule has 0 amide bonds. The molecule has 0 saturated carbocycles. The standard InChI is InChI=1S/C10H24P/c1-5-9-10-11(6-2,7-3)8-4/h5-10H2,1-4H3. The average molecular weight is 175 g/mol. The second-order valence-electron chi connectivity index (χ2n) is 3.37. The van der Waals surface area contributed by atoms with E-state index in [1.54, 1.807) is 6.16 Å². The summed E-state index contributed by atoms with van der Waals surface area (Å²) in [7, 11) is -0.455. The van der Waals surface area contributed by atoms with Gasteiger partial charge in [-0.15, -0.1) is 7.26 Å². The maximum atomic E-state index is 2.39. The van der Waals surface area contributed by atoms with Gasteiger partial charge in [-0.05, 0) is 31.1 Å². The Hall–Kier alpha value is 0.430. The third-order valence-corrected chi connectivity index (χ3v) is 8.29. The van der Waals surface area contributed by atoms with E-state index in [-0.39, 0.29) is 0 Å². The normalized spacial score (nSPS) is 12.0. The van der Waals surface area contributed by atoms with E-state index in [4.69, 9.17) is 0 Å². The Morgan fingerprint density at radius 3 is 1.55 bits per heavy atom. The summed E-state index contributed by atoms with van der Waals surface area (Å²) in [6.45, 7) is 9.46. The van der Waals surface area contributed by atoms with Gasteiger partial charge in [-0.3, -0.25) is 0 Å². The van der Waals surface area contributed by atoms with Gasteiger partial charge in [-0.2, -0.15) is 0 Å². The van der Waals surface area contributed by atoms with E-state index in [1.165, 1.54) is 31.3 Å². The van der Waals surface area contributed by atoms with Gasteiger partial charge in [-0.1, -0.05) is 34.1 Å². The van der Waals surface area contributed by atoms with Gasteiger partial charge in [0.1, 0.15) is 0 Å². The van der Waals surface area contributed by atoms with Crippen LogP contribution >= 0.6 is 7.26 Å². The topological polar surface area (TPSA) is 0 Å². The molecule has 0 atom stereocenters. The molecule has 0 nitrogen and oxygen atoms in total. The van der Waals surface area contributed by atoms with Crippen molar-refractivity contribution in [3.8, 4) is 0 Å². The molecule has 0 unspecified atom stereocenters. The maximum absolute atomic E-state index is 2.39. The van der Waals surface area contributed by atoms with Crippen molar-refractivity contribution in [2.24, 2.45) is 0 Å². The monoisotopic (exact) mass is 175 g/mol. The van der Waals surface area contributed by atoms with E-state index in [1.807, 2.05) is 0 Å². The SMILES string of the molecule is CCCC[P](CC)(CC)CC. The van der Waals surface area contributed by atoms with Gasteiger partial charge in [0.25, 0.3) is 0 Å². The van der Waals surface area contributed by atoms with Gasteiger partial charge >= 0.3 is 0 Å². The van der Waals surface area contributed by atoms with Crippen LogP contribution in [0, 0.1) is 0 Å². The van der Waals surface area contributed by atoms with Gasteiger partial charge in [0.05, 0.1) is 0 Å². The van der Waals surface area contributed by atoms with E-state index >= 15 is 0 Å². The molecular weight excluding hydrogens is 151 g/mol. The summed E-state index contributed by atoms with van der Waals surface area (Å²) in [6.07, 6.45) is 8.80. The molecule has 1 radical (unpaired) electrons. The van der Waals surface area contributed by atoms with Gasteiger partial charge in [0.2, 0.25) is 0 Å². The highest BCUT2D eigenvalue weighted by molar-refractivity contribution is 7.75. The largest absolute Gasteiger partial charge is 0.126 e. The van der Waals surface area contributed by atoms with Crippen molar-refractivity contribution in [1.29, 1.82) is 0 Å². The summed E-state index contributed by atoms with van der Waals surface area (Å²) < 4.78 is 0. The molecule has 0 spiro atoms. The second-order valence-corrected chi connectivity index (χ2v) is 8.40. The molecular formula is C10H24P. The Kier molecular flexibility index (Phi) is 6.24. The first-order valence-corrected chi connectivity index (χ1v) is 7.62. The van der Waals surface area contributed by atoms with E-state index in [0.29, 0.717) is 0 Å². The summed E-state index contributed by atoms with van der Waals surface area (Å²) in [6, 6.07) is 0. The van der Waals surface area contributed by atoms with Crippen molar-refractivity contribution in [3.63, 3.8) is 0 Å². The lowest BCUT2D eigenvalue weighted by atomic mass is 10.4. The van der Waals surface area contributed by atoms with Crippen LogP contribution in [0.1, 0.15) is 40.5 Å². The highest BCUT2D eigenvalue weighted by Gasteiger charge is 2.19. The number of hydrogen-bond acceptors (Lipinski definition) is 0. The van der Waals surface area contributed by atoms with Crippen LogP contribution in [0.25, 0.3) is 0 Å². The summed E-state index contributed by atoms with van der Waals surface area (Å²) in [4.78, 5) is 0. The third kappa shape index (κ3) is 3.56. The van der Waals surface area contributed by atoms with E-state index in [0.717, 1.165) is 0 Å². The smallest absolute Gasteiger partial charge is 0.0360 e. The highest BCUT2D eigenvalue weighted by Crippen LogP contribution is 2.58. The van der Waals surface area contributed by atoms with Crippen LogP contribution in [0.5, 0.6) is 0 Å². The summed E-state index contributed by atoms with van der Waals surface area (Å²) >= 11 is 0. The molecule has 0 aromatic carbocycles. The zero-order chi connectivity index (χ0) is 8.74. The molecule has 0 heterocycles. The summed E-state index contributed by atoms with van der Waals surface area (Å²) in [5.74, 6) is 0. The van der Waals surface area contributed by atoms with Gasteiger partial charge in [0.15, 0.2) is 0 Å². The highest BCUT2D eigenvalue weighted by atomic mass is 31.2. The van der Waals surface area contributed by atoms with E-state index < -0.39 is 7.26 Å². The third-order valence-electron chi connectivity index (χ3n) is 3.00. The van der Waals surface area contributed by atoms with E-state index in [2.05, 4.69) is 27.7 Å². The summed E-state index contributed by atoms with van der Waals surface area (Å²) in [5.41, 5.74) is 0. The molecule has 0 bridgehead atoms. The van der Waals surface area contributed by atoms with Crippen LogP contribution in [-0.4, -0.2) is 24.6 Å². The zero-order valence-electron chi connectivity index (χ0n) is 8.69. The van der Waals surface area contributed by atoms with Gasteiger partial charge < -0.3 is 0 Å². The van der Waals surface area contributed by atoms with Crippen LogP contribution in [0.3, 0.4) is 0 Å². The first-order chi connectivity index (χ1) is 5.24. The number of hydrogen-bond donors (Lipinski definition) is 0. The quantitative estimate of drug-likeness (QED) is 0.538. The Morgan fingerprint density at radius 2 is 1.27 bits per heavy atom. The fraction of sp³-hybridized carbons (Fsp3) is 1.00. The molecule has 0 rings (SSSR count). The lowest BCUT2D eigenvalue weighted by Gasteiger charge is -2.33. The average Bonchev–Trinajstić information content (AvgIpc) is 2.08. The minimum absolute atomic E-state index is 0.455. The van der Waals surface area contributed by atoms with Crippen LogP contribution in [0.15, 0.2) is 0 Å². The van der Waals surface area contributed by atoms with Crippen LogP contribution in [-0.2, 0) is 0 Å². The van der Waals surface area contributed by atoms with E-state index in [9.17, 15) is 0 Å². The minimum atomic E-state index is -0.455. The van der Waals surface area contributed by atoms with Crippen molar-refractivity contribution in [2.45, 2.75) is 40.5 Å². The van der Waals surface area contributed by atoms with Crippen LogP contribution < -0.4 is 0 Å². The Labute approximate surface area is 73.1 Å². The minimum Gasteiger partial charge on any atom is -0.126 e. The van der Waals surface area contributed by atoms with Crippen LogP contribution in [0.2, 0.25) is 0 Å². The molecule has 1 heteroatoms.